The average molecular weight is 244 g/mol. The topological polar surface area (TPSA) is 32.3 Å². The van der Waals surface area contributed by atoms with E-state index in [1.807, 2.05) is 11.8 Å². The molecular weight excluding hydrogens is 220 g/mol. The van der Waals surface area contributed by atoms with Gasteiger partial charge in [0.25, 0.3) is 0 Å². The standard InChI is InChI=1S/C12H24N2OS/c1-3-4-10-16-11(2)12(15)14-8-5-6-13-7-9-14/h11,13H,3-10H2,1-2H3. The van der Waals surface area contributed by atoms with E-state index in [1.165, 1.54) is 12.8 Å². The first kappa shape index (κ1) is 13.8. The van der Waals surface area contributed by atoms with Crippen molar-refractivity contribution in [3.63, 3.8) is 0 Å². The van der Waals surface area contributed by atoms with Crippen molar-refractivity contribution in [2.24, 2.45) is 0 Å². The molecule has 0 aromatic carbocycles. The summed E-state index contributed by atoms with van der Waals surface area (Å²) in [6.45, 7) is 8.01. The molecule has 1 fully saturated rings. The van der Waals surface area contributed by atoms with E-state index in [0.29, 0.717) is 5.91 Å². The van der Waals surface area contributed by atoms with Crippen LogP contribution < -0.4 is 5.32 Å². The molecule has 0 aromatic rings. The van der Waals surface area contributed by atoms with Gasteiger partial charge in [0.2, 0.25) is 5.91 Å². The van der Waals surface area contributed by atoms with E-state index in [2.05, 4.69) is 12.2 Å². The lowest BCUT2D eigenvalue weighted by molar-refractivity contribution is -0.130. The van der Waals surface area contributed by atoms with Gasteiger partial charge >= 0.3 is 0 Å². The molecule has 1 amide bonds. The molecule has 1 unspecified atom stereocenters. The fourth-order valence-electron chi connectivity index (χ4n) is 1.80. The number of carbonyl (C=O) groups excluding carboxylic acids is 1. The third-order valence-electron chi connectivity index (χ3n) is 2.87. The molecule has 94 valence electrons. The maximum Gasteiger partial charge on any atom is 0.235 e. The Kier molecular flexibility index (Phi) is 6.88. The molecule has 0 aromatic heterocycles. The Morgan fingerprint density at radius 3 is 3.00 bits per heavy atom. The molecule has 0 aliphatic carbocycles. The van der Waals surface area contributed by atoms with E-state index in [9.17, 15) is 4.79 Å². The molecule has 1 heterocycles. The molecule has 0 spiro atoms. The molecule has 0 saturated carbocycles. The Bertz CT molecular complexity index is 203. The SMILES string of the molecule is CCCCSC(C)C(=O)N1CCCNCC1. The second kappa shape index (κ2) is 7.96. The van der Waals surface area contributed by atoms with Crippen LogP contribution in [0.15, 0.2) is 0 Å². The molecule has 1 rings (SSSR count). The maximum atomic E-state index is 12.1. The number of hydrogen-bond acceptors (Lipinski definition) is 3. The van der Waals surface area contributed by atoms with Crippen LogP contribution in [0.2, 0.25) is 0 Å². The summed E-state index contributed by atoms with van der Waals surface area (Å²) in [6, 6.07) is 0. The number of nitrogens with one attached hydrogen (secondary N) is 1. The van der Waals surface area contributed by atoms with E-state index < -0.39 is 0 Å². The van der Waals surface area contributed by atoms with Gasteiger partial charge in [-0.25, -0.2) is 0 Å². The minimum atomic E-state index is 0.129. The summed E-state index contributed by atoms with van der Waals surface area (Å²) in [6.07, 6.45) is 3.50. The summed E-state index contributed by atoms with van der Waals surface area (Å²) in [5, 5.41) is 3.45. The van der Waals surface area contributed by atoms with Crippen LogP contribution in [0, 0.1) is 0 Å². The van der Waals surface area contributed by atoms with Crippen molar-refractivity contribution in [1.82, 2.24) is 10.2 Å². The zero-order valence-corrected chi connectivity index (χ0v) is 11.3. The summed E-state index contributed by atoms with van der Waals surface area (Å²) in [4.78, 5) is 14.1. The van der Waals surface area contributed by atoms with Crippen molar-refractivity contribution >= 4 is 17.7 Å². The maximum absolute atomic E-state index is 12.1. The van der Waals surface area contributed by atoms with E-state index in [-0.39, 0.29) is 5.25 Å². The molecular formula is C12H24N2OS. The van der Waals surface area contributed by atoms with Gasteiger partial charge in [0.05, 0.1) is 5.25 Å². The number of carbonyl (C=O) groups is 1. The summed E-state index contributed by atoms with van der Waals surface area (Å²) < 4.78 is 0. The van der Waals surface area contributed by atoms with Gasteiger partial charge in [-0.1, -0.05) is 13.3 Å². The zero-order valence-electron chi connectivity index (χ0n) is 10.5. The number of rotatable bonds is 5. The molecule has 4 heteroatoms. The summed E-state index contributed by atoms with van der Waals surface area (Å²) >= 11 is 1.80. The summed E-state index contributed by atoms with van der Waals surface area (Å²) in [5.74, 6) is 1.43. The molecule has 16 heavy (non-hydrogen) atoms. The summed E-state index contributed by atoms with van der Waals surface area (Å²) in [5.41, 5.74) is 0. The fraction of sp³-hybridized carbons (Fsp3) is 0.917. The highest BCUT2D eigenvalue weighted by molar-refractivity contribution is 8.00. The monoisotopic (exact) mass is 244 g/mol. The fourth-order valence-corrected chi connectivity index (χ4v) is 2.90. The second-order valence-corrected chi connectivity index (χ2v) is 5.74. The lowest BCUT2D eigenvalue weighted by Gasteiger charge is -2.23. The summed E-state index contributed by atoms with van der Waals surface area (Å²) in [7, 11) is 0. The van der Waals surface area contributed by atoms with Crippen LogP contribution in [0.5, 0.6) is 0 Å². The van der Waals surface area contributed by atoms with Gasteiger partial charge in [-0.2, -0.15) is 0 Å². The van der Waals surface area contributed by atoms with Crippen molar-refractivity contribution in [2.45, 2.75) is 38.4 Å². The van der Waals surface area contributed by atoms with E-state index >= 15 is 0 Å². The van der Waals surface area contributed by atoms with Gasteiger partial charge in [0.15, 0.2) is 0 Å². The van der Waals surface area contributed by atoms with Crippen LogP contribution in [0.4, 0.5) is 0 Å². The van der Waals surface area contributed by atoms with Crippen molar-refractivity contribution < 1.29 is 4.79 Å². The normalized spacial score (nSPS) is 19.2. The lowest BCUT2D eigenvalue weighted by atomic mass is 10.3. The number of unbranched alkanes of at least 4 members (excludes halogenated alkanes) is 1. The smallest absolute Gasteiger partial charge is 0.235 e. The first-order valence-electron chi connectivity index (χ1n) is 6.36. The Morgan fingerprint density at radius 1 is 1.44 bits per heavy atom. The van der Waals surface area contributed by atoms with Crippen LogP contribution in [-0.2, 0) is 4.79 Å². The predicted molar refractivity (Wildman–Crippen MR) is 70.9 cm³/mol. The van der Waals surface area contributed by atoms with Crippen molar-refractivity contribution in [2.75, 3.05) is 31.9 Å². The van der Waals surface area contributed by atoms with E-state index in [1.54, 1.807) is 11.8 Å². The van der Waals surface area contributed by atoms with Crippen LogP contribution in [0.1, 0.15) is 33.1 Å². The Hall–Kier alpha value is -0.220. The molecule has 0 bridgehead atoms. The Morgan fingerprint density at radius 2 is 2.25 bits per heavy atom. The van der Waals surface area contributed by atoms with E-state index in [4.69, 9.17) is 0 Å². The highest BCUT2D eigenvalue weighted by Gasteiger charge is 2.21. The molecule has 1 N–H and O–H groups in total. The van der Waals surface area contributed by atoms with E-state index in [0.717, 1.165) is 38.4 Å². The van der Waals surface area contributed by atoms with Crippen molar-refractivity contribution in [1.29, 1.82) is 0 Å². The second-order valence-electron chi connectivity index (χ2n) is 4.30. The number of amides is 1. The molecule has 0 radical (unpaired) electrons. The highest BCUT2D eigenvalue weighted by atomic mass is 32.2. The molecule has 1 saturated heterocycles. The highest BCUT2D eigenvalue weighted by Crippen LogP contribution is 2.15. The van der Waals surface area contributed by atoms with Gasteiger partial charge in [-0.05, 0) is 32.1 Å². The van der Waals surface area contributed by atoms with Gasteiger partial charge < -0.3 is 10.2 Å². The quantitative estimate of drug-likeness (QED) is 0.748. The van der Waals surface area contributed by atoms with Gasteiger partial charge in [0, 0.05) is 19.6 Å². The van der Waals surface area contributed by atoms with Crippen LogP contribution in [0.3, 0.4) is 0 Å². The van der Waals surface area contributed by atoms with Gasteiger partial charge in [-0.3, -0.25) is 4.79 Å². The zero-order chi connectivity index (χ0) is 11.8. The molecule has 3 nitrogen and oxygen atoms in total. The molecule has 1 aliphatic heterocycles. The Labute approximate surface area is 103 Å². The number of hydrogen-bond donors (Lipinski definition) is 1. The third kappa shape index (κ3) is 4.74. The van der Waals surface area contributed by atoms with Crippen molar-refractivity contribution in [3.8, 4) is 0 Å². The van der Waals surface area contributed by atoms with Crippen LogP contribution in [0.25, 0.3) is 0 Å². The van der Waals surface area contributed by atoms with Gasteiger partial charge in [-0.15, -0.1) is 11.8 Å². The number of nitrogens with zero attached hydrogens (tertiary/aromatic N) is 1. The van der Waals surface area contributed by atoms with Crippen LogP contribution in [-0.4, -0.2) is 48.0 Å². The first-order valence-corrected chi connectivity index (χ1v) is 7.41. The Balaban J connectivity index is 2.30. The minimum absolute atomic E-state index is 0.129. The van der Waals surface area contributed by atoms with Crippen LogP contribution >= 0.6 is 11.8 Å². The third-order valence-corrected chi connectivity index (χ3v) is 4.09. The molecule has 1 atom stereocenters. The predicted octanol–water partition coefficient (Wildman–Crippen LogP) is 1.73. The number of thioether (sulfide) groups is 1. The largest absolute Gasteiger partial charge is 0.340 e. The average Bonchev–Trinajstić information content (AvgIpc) is 2.56. The first-order chi connectivity index (χ1) is 7.75. The van der Waals surface area contributed by atoms with Crippen molar-refractivity contribution in [3.05, 3.63) is 0 Å². The molecule has 1 aliphatic rings. The minimum Gasteiger partial charge on any atom is -0.340 e. The lowest BCUT2D eigenvalue weighted by Crippen LogP contribution is -2.39. The van der Waals surface area contributed by atoms with Gasteiger partial charge in [0.1, 0.15) is 0 Å².